The number of phenolic OH excluding ortho intramolecular Hbond substituents is 1. The van der Waals surface area contributed by atoms with Gasteiger partial charge < -0.3 is 33.8 Å². The van der Waals surface area contributed by atoms with Crippen molar-refractivity contribution in [1.29, 1.82) is 5.26 Å². The Kier molecular flexibility index (Phi) is 8.41. The number of nitriles is 1. The number of nitrogens with zero attached hydrogens (tertiary/aromatic N) is 4. The number of esters is 1. The number of thioether (sulfide) groups is 1. The molecule has 7 aliphatic rings. The molecule has 0 amide bonds. The molecule has 1 aromatic heterocycles. The van der Waals surface area contributed by atoms with Gasteiger partial charge in [0.2, 0.25) is 6.79 Å². The van der Waals surface area contributed by atoms with E-state index in [2.05, 4.69) is 37.9 Å². The summed E-state index contributed by atoms with van der Waals surface area (Å²) >= 11 is 1.61. The second-order valence-corrected chi connectivity index (χ2v) is 17.4. The van der Waals surface area contributed by atoms with Crippen LogP contribution in [0.5, 0.6) is 28.7 Å². The molecular formula is C43H45N5O8S. The molecule has 296 valence electrons. The highest BCUT2D eigenvalue weighted by Gasteiger charge is 2.61. The Morgan fingerprint density at radius 1 is 1.12 bits per heavy atom. The third kappa shape index (κ3) is 4.89. The molecular weight excluding hydrogens is 747 g/mol. The Bertz CT molecular complexity index is 2440. The number of aromatic amines is 1. The van der Waals surface area contributed by atoms with E-state index in [1.54, 1.807) is 18.9 Å². The van der Waals surface area contributed by atoms with Crippen LogP contribution in [-0.2, 0) is 32.7 Å². The Labute approximate surface area is 334 Å². The second-order valence-electron chi connectivity index (χ2n) is 16.2. The maximum absolute atomic E-state index is 15.1. The summed E-state index contributed by atoms with van der Waals surface area (Å²) < 4.78 is 31.1. The van der Waals surface area contributed by atoms with Gasteiger partial charge >= 0.3 is 5.97 Å². The number of phenols is 1. The lowest BCUT2D eigenvalue weighted by atomic mass is 9.71. The van der Waals surface area contributed by atoms with E-state index in [-0.39, 0.29) is 37.6 Å². The predicted octanol–water partition coefficient (Wildman–Crippen LogP) is 5.14. The van der Waals surface area contributed by atoms with Crippen molar-refractivity contribution in [2.75, 3.05) is 53.5 Å². The van der Waals surface area contributed by atoms with Crippen molar-refractivity contribution in [3.05, 3.63) is 75.0 Å². The highest BCUT2D eigenvalue weighted by atomic mass is 32.2. The van der Waals surface area contributed by atoms with Crippen molar-refractivity contribution in [1.82, 2.24) is 19.7 Å². The zero-order chi connectivity index (χ0) is 39.7. The molecule has 57 heavy (non-hydrogen) atoms. The van der Waals surface area contributed by atoms with Crippen molar-refractivity contribution in [3.8, 4) is 34.8 Å². The molecule has 4 bridgehead atoms. The predicted molar refractivity (Wildman–Crippen MR) is 211 cm³/mol. The number of aromatic nitrogens is 1. The Morgan fingerprint density at radius 3 is 2.68 bits per heavy atom. The summed E-state index contributed by atoms with van der Waals surface area (Å²) in [6.07, 6.45) is 1.30. The van der Waals surface area contributed by atoms with E-state index in [1.165, 1.54) is 6.92 Å². The first-order valence-electron chi connectivity index (χ1n) is 19.5. The summed E-state index contributed by atoms with van der Waals surface area (Å²) in [6, 6.07) is 10.5. The summed E-state index contributed by atoms with van der Waals surface area (Å²) in [6.45, 7) is 5.69. The van der Waals surface area contributed by atoms with E-state index in [0.29, 0.717) is 47.3 Å². The number of hydrogen-bond acceptors (Lipinski definition) is 13. The highest BCUT2D eigenvalue weighted by molar-refractivity contribution is 7.99. The minimum atomic E-state index is -1.11. The molecule has 2 N–H and O–H groups in total. The average molecular weight is 792 g/mol. The van der Waals surface area contributed by atoms with Crippen LogP contribution < -0.4 is 18.9 Å². The van der Waals surface area contributed by atoms with Crippen molar-refractivity contribution in [3.63, 3.8) is 0 Å². The number of para-hydroxylation sites is 1. The van der Waals surface area contributed by atoms with Gasteiger partial charge in [-0.3, -0.25) is 24.3 Å². The fraction of sp³-hybridized carbons (Fsp3) is 0.465. The number of ketones is 1. The second kappa shape index (κ2) is 13.1. The molecule has 2 fully saturated rings. The van der Waals surface area contributed by atoms with Crippen LogP contribution in [0.3, 0.4) is 0 Å². The smallest absolute Gasteiger partial charge is 0.308 e. The molecule has 11 rings (SSSR count). The number of rotatable bonds is 2. The van der Waals surface area contributed by atoms with Crippen molar-refractivity contribution >= 4 is 34.4 Å². The number of fused-ring (bicyclic) bond motifs is 12. The summed E-state index contributed by atoms with van der Waals surface area (Å²) in [5, 5.41) is 24.0. The summed E-state index contributed by atoms with van der Waals surface area (Å²) in [4.78, 5) is 38.5. The van der Waals surface area contributed by atoms with Gasteiger partial charge in [0.05, 0.1) is 37.1 Å². The number of carbonyl (C=O) groups is 2. The van der Waals surface area contributed by atoms with E-state index in [1.807, 2.05) is 46.1 Å². The largest absolute Gasteiger partial charge is 0.504 e. The van der Waals surface area contributed by atoms with Gasteiger partial charge in [-0.05, 0) is 63.5 Å². The summed E-state index contributed by atoms with van der Waals surface area (Å²) in [5.41, 5.74) is 6.49. The van der Waals surface area contributed by atoms with Crippen LogP contribution in [0.25, 0.3) is 10.9 Å². The normalized spacial score (nSPS) is 29.2. The average Bonchev–Trinajstić information content (AvgIpc) is 3.82. The fourth-order valence-electron chi connectivity index (χ4n) is 11.1. The number of carbonyl (C=O) groups excluding carboxylic acids is 2. The Balaban J connectivity index is 1.27. The van der Waals surface area contributed by atoms with Crippen LogP contribution in [0.1, 0.15) is 68.9 Å². The molecule has 14 heteroatoms. The van der Waals surface area contributed by atoms with E-state index >= 15 is 4.79 Å². The molecule has 0 saturated carbocycles. The van der Waals surface area contributed by atoms with Crippen LogP contribution in [0, 0.1) is 25.2 Å². The molecule has 7 atom stereocenters. The number of methoxy groups -OCH3 is 1. The number of nitrogens with one attached hydrogen (secondary N) is 1. The number of hydrogen-bond donors (Lipinski definition) is 2. The monoisotopic (exact) mass is 791 g/mol. The molecule has 0 aliphatic carbocycles. The zero-order valence-corrected chi connectivity index (χ0v) is 33.6. The fourth-order valence-corrected chi connectivity index (χ4v) is 13.0. The van der Waals surface area contributed by atoms with Crippen molar-refractivity contribution in [2.45, 2.75) is 74.6 Å². The third-order valence-corrected chi connectivity index (χ3v) is 15.0. The number of benzene rings is 3. The molecule has 0 radical (unpaired) electrons. The van der Waals surface area contributed by atoms with Crippen LogP contribution in [0.15, 0.2) is 30.3 Å². The molecule has 3 aromatic carbocycles. The number of aryl methyl sites for hydroxylation is 1. The van der Waals surface area contributed by atoms with Gasteiger partial charge in [-0.25, -0.2) is 0 Å². The van der Waals surface area contributed by atoms with Gasteiger partial charge in [-0.15, -0.1) is 11.8 Å². The Hall–Kier alpha value is -4.78. The first kappa shape index (κ1) is 36.6. The van der Waals surface area contributed by atoms with Crippen LogP contribution >= 0.6 is 11.8 Å². The van der Waals surface area contributed by atoms with Gasteiger partial charge in [0.25, 0.3) is 0 Å². The highest BCUT2D eigenvalue weighted by Crippen LogP contribution is 2.64. The first-order chi connectivity index (χ1) is 27.5. The maximum Gasteiger partial charge on any atom is 0.308 e. The number of ether oxygens (including phenoxy) is 5. The summed E-state index contributed by atoms with van der Waals surface area (Å²) in [7, 11) is 5.60. The molecule has 13 nitrogen and oxygen atoms in total. The van der Waals surface area contributed by atoms with Gasteiger partial charge in [0, 0.05) is 70.2 Å². The standard InChI is InChI=1S/C43H45N5O8S/c1-20-13-23-14-27-28(15-44)48-29-16-53-17-30(50)43(42-25(11-12-46(43)4)24-9-7-8-10-26(24)45-42)18-57-41(35(48)34(47(27)5)31(23)36(51)37(20)52-6)33-32(29)40-39(54-19-55-40)21(2)38(33)56-22(3)49/h7-10,13,27-29,34-35,41,45,51H,11-12,14,16-19H2,1-6H3/t27-,28+,29+,34+,35?,41-,43+/m1/s1. The minimum Gasteiger partial charge on any atom is -0.504 e. The number of Topliss-reactive ketones (excluding diaryl/α,β-unsaturated/α-hetero) is 1. The maximum atomic E-state index is 15.1. The van der Waals surface area contributed by atoms with E-state index < -0.39 is 40.9 Å². The molecule has 4 aromatic rings. The topological polar surface area (TPSA) is 150 Å². The van der Waals surface area contributed by atoms with E-state index in [4.69, 9.17) is 23.7 Å². The zero-order valence-electron chi connectivity index (χ0n) is 32.8. The van der Waals surface area contributed by atoms with E-state index in [0.717, 1.165) is 56.4 Å². The lowest BCUT2D eigenvalue weighted by Crippen LogP contribution is -2.69. The summed E-state index contributed by atoms with van der Waals surface area (Å²) in [5.74, 6) is 1.65. The van der Waals surface area contributed by atoms with Gasteiger partial charge in [0.15, 0.2) is 28.8 Å². The lowest BCUT2D eigenvalue weighted by molar-refractivity contribution is -0.137. The van der Waals surface area contributed by atoms with Gasteiger partial charge in [-0.1, -0.05) is 24.3 Å². The first-order valence-corrected chi connectivity index (χ1v) is 20.5. The number of likely N-dealkylation sites (N-methyl/N-ethyl adjacent to an activating group) is 2. The van der Waals surface area contributed by atoms with Gasteiger partial charge in [-0.2, -0.15) is 5.26 Å². The van der Waals surface area contributed by atoms with Crippen LogP contribution in [0.4, 0.5) is 0 Å². The number of H-pyrrole nitrogens is 1. The number of piperazine rings is 1. The SMILES string of the molecule is COc1c(C)cc2c(c1O)[C@H]1C3[C@@H]4SC[C@]5(C(=O)COC[C@@H](c6c7c(c(C)c(OC(C)=O)c64)OCO7)N3[C@@H](C#N)[C@@H](C2)N1C)c1[nH]c2ccccc2c1CCN5C. The van der Waals surface area contributed by atoms with Crippen LogP contribution in [-0.4, -0.2) is 108 Å². The van der Waals surface area contributed by atoms with Gasteiger partial charge in [0.1, 0.15) is 23.9 Å². The third-order valence-electron chi connectivity index (χ3n) is 13.6. The van der Waals surface area contributed by atoms with Crippen LogP contribution in [0.2, 0.25) is 0 Å². The Morgan fingerprint density at radius 2 is 1.91 bits per heavy atom. The van der Waals surface area contributed by atoms with Crippen molar-refractivity contribution in [2.24, 2.45) is 0 Å². The molecule has 1 unspecified atom stereocenters. The molecule has 8 heterocycles. The van der Waals surface area contributed by atoms with Crippen molar-refractivity contribution < 1.29 is 38.4 Å². The number of aromatic hydroxyl groups is 1. The molecule has 7 aliphatic heterocycles. The molecule has 2 saturated heterocycles. The van der Waals surface area contributed by atoms with E-state index in [9.17, 15) is 15.2 Å². The molecule has 1 spiro atoms. The minimum absolute atomic E-state index is 0.0213. The lowest BCUT2D eigenvalue weighted by Gasteiger charge is -2.61. The quantitative estimate of drug-likeness (QED) is 0.204.